The highest BCUT2D eigenvalue weighted by Gasteiger charge is 2.18. The van der Waals surface area contributed by atoms with Crippen molar-refractivity contribution in [1.29, 1.82) is 0 Å². The van der Waals surface area contributed by atoms with Gasteiger partial charge in [-0.15, -0.1) is 0 Å². The van der Waals surface area contributed by atoms with E-state index in [-0.39, 0.29) is 5.78 Å². The van der Waals surface area contributed by atoms with Gasteiger partial charge in [0.25, 0.3) is 5.91 Å². The lowest BCUT2D eigenvalue weighted by molar-refractivity contribution is -0.122. The third-order valence-corrected chi connectivity index (χ3v) is 3.68. The molecule has 0 aliphatic heterocycles. The Bertz CT molecular complexity index is 804. The second-order valence-corrected chi connectivity index (χ2v) is 5.64. The average molecular weight is 345 g/mol. The van der Waals surface area contributed by atoms with E-state index in [4.69, 9.17) is 9.47 Å². The molecule has 0 saturated carbocycles. The molecule has 5 nitrogen and oxygen atoms in total. The lowest BCUT2D eigenvalue weighted by Gasteiger charge is -2.17. The fourth-order valence-electron chi connectivity index (χ4n) is 2.14. The molecule has 0 unspecified atom stereocenters. The Morgan fingerprint density at radius 2 is 1.84 bits per heavy atom. The second-order valence-electron chi connectivity index (χ2n) is 5.64. The molecule has 0 fully saturated rings. The van der Waals surface area contributed by atoms with Gasteiger partial charge >= 0.3 is 0 Å². The van der Waals surface area contributed by atoms with Crippen molar-refractivity contribution in [3.63, 3.8) is 0 Å². The van der Waals surface area contributed by atoms with Crippen LogP contribution in [0.5, 0.6) is 11.5 Å². The van der Waals surface area contributed by atoms with E-state index >= 15 is 0 Å². The highest BCUT2D eigenvalue weighted by molar-refractivity contribution is 5.95. The first kappa shape index (κ1) is 18.4. The summed E-state index contributed by atoms with van der Waals surface area (Å²) < 4.78 is 24.4. The van der Waals surface area contributed by atoms with E-state index in [9.17, 15) is 14.0 Å². The smallest absolute Gasteiger partial charge is 0.265 e. The minimum atomic E-state index is -0.846. The maximum absolute atomic E-state index is 13.6. The highest BCUT2D eigenvalue weighted by Crippen LogP contribution is 2.29. The van der Waals surface area contributed by atoms with Gasteiger partial charge in [-0.05, 0) is 56.7 Å². The monoisotopic (exact) mass is 345 g/mol. The molecular formula is C19H20FNO4. The number of methoxy groups -OCH3 is 1. The van der Waals surface area contributed by atoms with Crippen LogP contribution in [0.1, 0.15) is 29.8 Å². The number of aryl methyl sites for hydroxylation is 1. The van der Waals surface area contributed by atoms with Gasteiger partial charge in [-0.3, -0.25) is 9.59 Å². The van der Waals surface area contributed by atoms with E-state index < -0.39 is 17.8 Å². The molecule has 132 valence electrons. The number of carbonyl (C=O) groups is 2. The van der Waals surface area contributed by atoms with E-state index in [2.05, 4.69) is 5.32 Å². The minimum Gasteiger partial charge on any atom is -0.493 e. The molecule has 0 saturated heterocycles. The number of nitrogens with one attached hydrogen (secondary N) is 1. The molecule has 2 aromatic rings. The van der Waals surface area contributed by atoms with Crippen molar-refractivity contribution in [2.75, 3.05) is 12.4 Å². The number of benzene rings is 2. The average Bonchev–Trinajstić information content (AvgIpc) is 2.58. The maximum atomic E-state index is 13.6. The normalized spacial score (nSPS) is 11.6. The van der Waals surface area contributed by atoms with Crippen molar-refractivity contribution in [3.8, 4) is 11.5 Å². The van der Waals surface area contributed by atoms with Crippen molar-refractivity contribution < 1.29 is 23.5 Å². The van der Waals surface area contributed by atoms with Gasteiger partial charge < -0.3 is 14.8 Å². The molecule has 0 spiro atoms. The first-order valence-electron chi connectivity index (χ1n) is 7.74. The van der Waals surface area contributed by atoms with Crippen LogP contribution in [-0.2, 0) is 4.79 Å². The Labute approximate surface area is 145 Å². The third-order valence-electron chi connectivity index (χ3n) is 3.68. The number of anilines is 1. The lowest BCUT2D eigenvalue weighted by atomic mass is 10.1. The second kappa shape index (κ2) is 7.79. The number of halogens is 1. The minimum absolute atomic E-state index is 0.1000. The van der Waals surface area contributed by atoms with Crippen LogP contribution in [-0.4, -0.2) is 24.9 Å². The summed E-state index contributed by atoms with van der Waals surface area (Å²) in [4.78, 5) is 23.7. The molecule has 6 heteroatoms. The molecule has 1 atom stereocenters. The molecule has 2 aromatic carbocycles. The molecule has 1 N–H and O–H groups in total. The predicted octanol–water partition coefficient (Wildman–Crippen LogP) is 3.75. The topological polar surface area (TPSA) is 64.6 Å². The maximum Gasteiger partial charge on any atom is 0.265 e. The number of Topliss-reactive ketones (excluding diaryl/α,β-unsaturated/α-hetero) is 1. The summed E-state index contributed by atoms with van der Waals surface area (Å²) in [5.74, 6) is -0.232. The first-order valence-corrected chi connectivity index (χ1v) is 7.74. The number of amides is 1. The zero-order valence-corrected chi connectivity index (χ0v) is 14.6. The SMILES string of the molecule is COc1cc(C(C)=O)ccc1O[C@@H](C)C(=O)Nc1ccc(C)c(F)c1. The van der Waals surface area contributed by atoms with Crippen LogP contribution in [0, 0.1) is 12.7 Å². The summed E-state index contributed by atoms with van der Waals surface area (Å²) in [7, 11) is 1.45. The fourth-order valence-corrected chi connectivity index (χ4v) is 2.14. The quantitative estimate of drug-likeness (QED) is 0.810. The summed E-state index contributed by atoms with van der Waals surface area (Å²) >= 11 is 0. The Morgan fingerprint density at radius 3 is 2.44 bits per heavy atom. The van der Waals surface area contributed by atoms with Crippen LogP contribution in [0.4, 0.5) is 10.1 Å². The molecule has 0 aromatic heterocycles. The van der Waals surface area contributed by atoms with Crippen molar-refractivity contribution in [3.05, 3.63) is 53.3 Å². The van der Waals surface area contributed by atoms with E-state index in [1.165, 1.54) is 20.1 Å². The summed E-state index contributed by atoms with van der Waals surface area (Å²) in [6.45, 7) is 4.66. The van der Waals surface area contributed by atoms with Gasteiger partial charge in [0.1, 0.15) is 5.82 Å². The van der Waals surface area contributed by atoms with Gasteiger partial charge in [-0.25, -0.2) is 4.39 Å². The van der Waals surface area contributed by atoms with Gasteiger partial charge in [-0.2, -0.15) is 0 Å². The molecule has 0 heterocycles. The van der Waals surface area contributed by atoms with Crippen LogP contribution < -0.4 is 14.8 Å². The summed E-state index contributed by atoms with van der Waals surface area (Å²) in [5.41, 5.74) is 1.33. The van der Waals surface area contributed by atoms with E-state index in [0.29, 0.717) is 28.3 Å². The number of ketones is 1. The van der Waals surface area contributed by atoms with Crippen molar-refractivity contribution in [2.24, 2.45) is 0 Å². The summed E-state index contributed by atoms with van der Waals surface area (Å²) in [6.07, 6.45) is -0.846. The predicted molar refractivity (Wildman–Crippen MR) is 92.9 cm³/mol. The summed E-state index contributed by atoms with van der Waals surface area (Å²) in [5, 5.41) is 2.60. The molecular weight excluding hydrogens is 325 g/mol. The molecule has 0 aliphatic rings. The lowest BCUT2D eigenvalue weighted by Crippen LogP contribution is -2.30. The van der Waals surface area contributed by atoms with Crippen LogP contribution in [0.3, 0.4) is 0 Å². The van der Waals surface area contributed by atoms with Crippen molar-refractivity contribution in [1.82, 2.24) is 0 Å². The van der Waals surface area contributed by atoms with Crippen LogP contribution in [0.2, 0.25) is 0 Å². The zero-order chi connectivity index (χ0) is 18.6. The number of hydrogen-bond acceptors (Lipinski definition) is 4. The van der Waals surface area contributed by atoms with Gasteiger partial charge in [-0.1, -0.05) is 6.07 Å². The van der Waals surface area contributed by atoms with Gasteiger partial charge in [0.15, 0.2) is 23.4 Å². The molecule has 2 rings (SSSR count). The number of rotatable bonds is 6. The Morgan fingerprint density at radius 1 is 1.12 bits per heavy atom. The van der Waals surface area contributed by atoms with Crippen LogP contribution in [0.15, 0.2) is 36.4 Å². The number of ether oxygens (including phenoxy) is 2. The number of carbonyl (C=O) groups excluding carboxylic acids is 2. The van der Waals surface area contributed by atoms with Crippen molar-refractivity contribution >= 4 is 17.4 Å². The molecule has 0 bridgehead atoms. The highest BCUT2D eigenvalue weighted by atomic mass is 19.1. The van der Waals surface area contributed by atoms with Crippen molar-refractivity contribution in [2.45, 2.75) is 26.9 Å². The van der Waals surface area contributed by atoms with E-state index in [1.807, 2.05) is 0 Å². The number of hydrogen-bond donors (Lipinski definition) is 1. The molecule has 0 aliphatic carbocycles. The summed E-state index contributed by atoms with van der Waals surface area (Å²) in [6, 6.07) is 9.18. The zero-order valence-electron chi connectivity index (χ0n) is 14.6. The Balaban J connectivity index is 2.10. The van der Waals surface area contributed by atoms with Crippen LogP contribution >= 0.6 is 0 Å². The van der Waals surface area contributed by atoms with Gasteiger partial charge in [0, 0.05) is 11.3 Å². The Hall–Kier alpha value is -2.89. The fraction of sp³-hybridized carbons (Fsp3) is 0.263. The van der Waals surface area contributed by atoms with E-state index in [0.717, 1.165) is 0 Å². The first-order chi connectivity index (χ1) is 11.8. The van der Waals surface area contributed by atoms with Gasteiger partial charge in [0.2, 0.25) is 0 Å². The standard InChI is InChI=1S/C19H20FNO4/c1-11-5-7-15(10-16(11)20)21-19(23)13(3)25-17-8-6-14(12(2)22)9-18(17)24-4/h5-10,13H,1-4H3,(H,21,23)/t13-/m0/s1. The largest absolute Gasteiger partial charge is 0.493 e. The molecule has 1 amide bonds. The molecule has 25 heavy (non-hydrogen) atoms. The van der Waals surface area contributed by atoms with Gasteiger partial charge in [0.05, 0.1) is 7.11 Å². The third kappa shape index (κ3) is 4.56. The van der Waals surface area contributed by atoms with E-state index in [1.54, 1.807) is 44.2 Å². The molecule has 0 radical (unpaired) electrons. The Kier molecular flexibility index (Phi) is 5.75. The van der Waals surface area contributed by atoms with Crippen LogP contribution in [0.25, 0.3) is 0 Å².